The van der Waals surface area contributed by atoms with Gasteiger partial charge in [0, 0.05) is 18.9 Å². The minimum Gasteiger partial charge on any atom is -0.478 e. The summed E-state index contributed by atoms with van der Waals surface area (Å²) < 4.78 is 0. The van der Waals surface area contributed by atoms with Crippen LogP contribution >= 0.6 is 11.6 Å². The van der Waals surface area contributed by atoms with Gasteiger partial charge in [-0.2, -0.15) is 0 Å². The fourth-order valence-corrected chi connectivity index (χ4v) is 1.78. The Balaban J connectivity index is 2.00. The van der Waals surface area contributed by atoms with Gasteiger partial charge < -0.3 is 10.4 Å². The van der Waals surface area contributed by atoms with Crippen molar-refractivity contribution in [3.63, 3.8) is 0 Å². The second-order valence-electron chi connectivity index (χ2n) is 4.04. The molecule has 2 rings (SSSR count). The van der Waals surface area contributed by atoms with Gasteiger partial charge in [-0.15, -0.1) is 0 Å². The Labute approximate surface area is 120 Å². The molecule has 0 bridgehead atoms. The summed E-state index contributed by atoms with van der Waals surface area (Å²) >= 11 is 5.89. The quantitative estimate of drug-likeness (QED) is 0.906. The fourth-order valence-electron chi connectivity index (χ4n) is 1.59. The van der Waals surface area contributed by atoms with E-state index in [2.05, 4.69) is 10.3 Å². The predicted molar refractivity (Wildman–Crippen MR) is 73.8 cm³/mol. The lowest BCUT2D eigenvalue weighted by Crippen LogP contribution is -2.23. The summed E-state index contributed by atoms with van der Waals surface area (Å²) in [4.78, 5) is 26.4. The van der Waals surface area contributed by atoms with E-state index in [0.717, 1.165) is 5.56 Å². The summed E-state index contributed by atoms with van der Waals surface area (Å²) in [5.41, 5.74) is 1.30. The molecule has 0 spiro atoms. The van der Waals surface area contributed by atoms with Crippen LogP contribution in [-0.2, 0) is 6.54 Å². The van der Waals surface area contributed by atoms with Gasteiger partial charge in [0.05, 0.1) is 16.1 Å². The Kier molecular flexibility index (Phi) is 4.32. The highest BCUT2D eigenvalue weighted by molar-refractivity contribution is 6.33. The van der Waals surface area contributed by atoms with E-state index >= 15 is 0 Å². The van der Waals surface area contributed by atoms with E-state index < -0.39 is 5.97 Å². The second kappa shape index (κ2) is 6.16. The first kappa shape index (κ1) is 14.0. The van der Waals surface area contributed by atoms with Crippen LogP contribution in [0.1, 0.15) is 26.3 Å². The standard InChI is InChI=1S/C14H11ClN2O3/c15-12-5-6-16-8-11(12)13(18)17-7-9-1-3-10(4-2-9)14(19)20/h1-6,8H,7H2,(H,17,18)(H,19,20). The van der Waals surface area contributed by atoms with Gasteiger partial charge in [0.15, 0.2) is 0 Å². The summed E-state index contributed by atoms with van der Waals surface area (Å²) in [6.45, 7) is 0.282. The molecule has 0 aliphatic carbocycles. The van der Waals surface area contributed by atoms with Crippen molar-refractivity contribution in [3.05, 3.63) is 64.4 Å². The van der Waals surface area contributed by atoms with Crippen LogP contribution < -0.4 is 5.32 Å². The first-order chi connectivity index (χ1) is 9.58. The van der Waals surface area contributed by atoms with E-state index in [9.17, 15) is 9.59 Å². The highest BCUT2D eigenvalue weighted by Gasteiger charge is 2.09. The van der Waals surface area contributed by atoms with Gasteiger partial charge in [0.1, 0.15) is 0 Å². The minimum absolute atomic E-state index is 0.204. The zero-order valence-corrected chi connectivity index (χ0v) is 11.1. The third kappa shape index (κ3) is 3.33. The Hall–Kier alpha value is -2.40. The van der Waals surface area contributed by atoms with Gasteiger partial charge >= 0.3 is 5.97 Å². The van der Waals surface area contributed by atoms with Crippen LogP contribution in [0.4, 0.5) is 0 Å². The molecule has 1 aromatic carbocycles. The van der Waals surface area contributed by atoms with Crippen LogP contribution in [0.3, 0.4) is 0 Å². The normalized spacial score (nSPS) is 10.1. The number of halogens is 1. The summed E-state index contributed by atoms with van der Waals surface area (Å²) in [5.74, 6) is -1.31. The molecule has 1 aromatic heterocycles. The molecular formula is C14H11ClN2O3. The lowest BCUT2D eigenvalue weighted by atomic mass is 10.1. The fraction of sp³-hybridized carbons (Fsp3) is 0.0714. The van der Waals surface area contributed by atoms with Crippen molar-refractivity contribution in [2.75, 3.05) is 0 Å². The number of nitrogens with one attached hydrogen (secondary N) is 1. The van der Waals surface area contributed by atoms with Gasteiger partial charge in [-0.25, -0.2) is 4.79 Å². The van der Waals surface area contributed by atoms with E-state index in [1.165, 1.54) is 30.6 Å². The second-order valence-corrected chi connectivity index (χ2v) is 4.45. The first-order valence-corrected chi connectivity index (χ1v) is 6.15. The highest BCUT2D eigenvalue weighted by atomic mass is 35.5. The Morgan fingerprint density at radius 1 is 1.20 bits per heavy atom. The minimum atomic E-state index is -0.984. The maximum Gasteiger partial charge on any atom is 0.335 e. The van der Waals surface area contributed by atoms with E-state index in [1.54, 1.807) is 12.1 Å². The topological polar surface area (TPSA) is 79.3 Å². The maximum atomic E-state index is 11.9. The smallest absolute Gasteiger partial charge is 0.335 e. The van der Waals surface area contributed by atoms with Crippen LogP contribution in [0.15, 0.2) is 42.7 Å². The van der Waals surface area contributed by atoms with Gasteiger partial charge in [-0.05, 0) is 23.8 Å². The van der Waals surface area contributed by atoms with Crippen molar-refractivity contribution >= 4 is 23.5 Å². The van der Waals surface area contributed by atoms with E-state index in [1.807, 2.05) is 0 Å². The number of hydrogen-bond donors (Lipinski definition) is 2. The molecule has 1 heterocycles. The molecule has 0 saturated heterocycles. The molecule has 0 unspecified atom stereocenters. The molecule has 0 saturated carbocycles. The average molecular weight is 291 g/mol. The average Bonchev–Trinajstić information content (AvgIpc) is 2.45. The number of aromatic nitrogens is 1. The van der Waals surface area contributed by atoms with Crippen LogP contribution in [0, 0.1) is 0 Å². The van der Waals surface area contributed by atoms with Gasteiger partial charge in [-0.1, -0.05) is 23.7 Å². The zero-order valence-electron chi connectivity index (χ0n) is 10.3. The number of pyridine rings is 1. The number of rotatable bonds is 4. The molecule has 0 fully saturated rings. The van der Waals surface area contributed by atoms with Crippen LogP contribution in [0.25, 0.3) is 0 Å². The van der Waals surface area contributed by atoms with Crippen LogP contribution in [0.5, 0.6) is 0 Å². The molecule has 2 aromatic rings. The number of aromatic carboxylic acids is 1. The predicted octanol–water partition coefficient (Wildman–Crippen LogP) is 2.36. The number of nitrogens with zero attached hydrogens (tertiary/aromatic N) is 1. The highest BCUT2D eigenvalue weighted by Crippen LogP contribution is 2.13. The lowest BCUT2D eigenvalue weighted by molar-refractivity contribution is 0.0696. The van der Waals surface area contributed by atoms with Crippen LogP contribution in [-0.4, -0.2) is 22.0 Å². The van der Waals surface area contributed by atoms with E-state index in [4.69, 9.17) is 16.7 Å². The Morgan fingerprint density at radius 2 is 1.90 bits per heavy atom. The maximum absolute atomic E-state index is 11.9. The van der Waals surface area contributed by atoms with E-state index in [-0.39, 0.29) is 18.0 Å². The van der Waals surface area contributed by atoms with Crippen molar-refractivity contribution in [1.82, 2.24) is 10.3 Å². The molecule has 0 aliphatic heterocycles. The molecule has 5 nitrogen and oxygen atoms in total. The van der Waals surface area contributed by atoms with Crippen molar-refractivity contribution in [2.24, 2.45) is 0 Å². The number of amides is 1. The lowest BCUT2D eigenvalue weighted by Gasteiger charge is -2.06. The van der Waals surface area contributed by atoms with Crippen LogP contribution in [0.2, 0.25) is 5.02 Å². The number of benzene rings is 1. The van der Waals surface area contributed by atoms with Crippen molar-refractivity contribution in [3.8, 4) is 0 Å². The molecule has 6 heteroatoms. The number of carbonyl (C=O) groups excluding carboxylic acids is 1. The summed E-state index contributed by atoms with van der Waals surface area (Å²) in [6, 6.07) is 7.81. The number of carbonyl (C=O) groups is 2. The third-order valence-electron chi connectivity index (χ3n) is 2.67. The summed E-state index contributed by atoms with van der Waals surface area (Å²) in [7, 11) is 0. The largest absolute Gasteiger partial charge is 0.478 e. The SMILES string of the molecule is O=C(O)c1ccc(CNC(=O)c2cnccc2Cl)cc1. The first-order valence-electron chi connectivity index (χ1n) is 5.78. The molecule has 0 aliphatic rings. The van der Waals surface area contributed by atoms with Crippen molar-refractivity contribution < 1.29 is 14.7 Å². The third-order valence-corrected chi connectivity index (χ3v) is 3.00. The van der Waals surface area contributed by atoms with Gasteiger partial charge in [-0.3, -0.25) is 9.78 Å². The number of carboxylic acid groups (broad SMARTS) is 1. The molecule has 2 N–H and O–H groups in total. The Morgan fingerprint density at radius 3 is 2.50 bits per heavy atom. The zero-order chi connectivity index (χ0) is 14.5. The summed E-state index contributed by atoms with van der Waals surface area (Å²) in [5, 5.41) is 11.8. The molecule has 1 amide bonds. The van der Waals surface area contributed by atoms with Crippen molar-refractivity contribution in [2.45, 2.75) is 6.54 Å². The number of hydrogen-bond acceptors (Lipinski definition) is 3. The molecule has 0 radical (unpaired) electrons. The van der Waals surface area contributed by atoms with Gasteiger partial charge in [0.25, 0.3) is 5.91 Å². The van der Waals surface area contributed by atoms with Crippen molar-refractivity contribution in [1.29, 1.82) is 0 Å². The summed E-state index contributed by atoms with van der Waals surface area (Å²) in [6.07, 6.45) is 2.90. The molecule has 0 atom stereocenters. The molecule has 20 heavy (non-hydrogen) atoms. The molecular weight excluding hydrogens is 280 g/mol. The van der Waals surface area contributed by atoms with Gasteiger partial charge in [0.2, 0.25) is 0 Å². The monoisotopic (exact) mass is 290 g/mol. The Bertz CT molecular complexity index is 641. The number of carboxylic acids is 1. The molecule has 102 valence electrons. The van der Waals surface area contributed by atoms with E-state index in [0.29, 0.717) is 10.6 Å².